The van der Waals surface area contributed by atoms with E-state index < -0.39 is 12.1 Å². The number of ketones is 1. The first-order valence-electron chi connectivity index (χ1n) is 9.77. The molecule has 156 valence electrons. The molecule has 0 amide bonds. The van der Waals surface area contributed by atoms with E-state index in [-0.39, 0.29) is 12.2 Å². The minimum Gasteiger partial charge on any atom is -0.489 e. The quantitative estimate of drug-likeness (QED) is 0.403. The van der Waals surface area contributed by atoms with Crippen LogP contribution in [0.2, 0.25) is 0 Å². The molecule has 0 saturated heterocycles. The number of hydrogen-bond acceptors (Lipinski definition) is 6. The highest BCUT2D eigenvalue weighted by Crippen LogP contribution is 2.18. The summed E-state index contributed by atoms with van der Waals surface area (Å²) in [5.74, 6) is 0.745. The van der Waals surface area contributed by atoms with Crippen LogP contribution in [0.25, 0.3) is 0 Å². The zero-order valence-electron chi connectivity index (χ0n) is 17.6. The van der Waals surface area contributed by atoms with Crippen molar-refractivity contribution in [2.75, 3.05) is 0 Å². The molecule has 0 bridgehead atoms. The van der Waals surface area contributed by atoms with Gasteiger partial charge in [0.1, 0.15) is 18.1 Å². The van der Waals surface area contributed by atoms with Crippen LogP contribution in [0.5, 0.6) is 5.75 Å². The van der Waals surface area contributed by atoms with Crippen LogP contribution in [0.3, 0.4) is 0 Å². The third-order valence-corrected chi connectivity index (χ3v) is 4.85. The Morgan fingerprint density at radius 2 is 1.67 bits per heavy atom. The molecular formula is C24H25NO5. The number of benzene rings is 2. The second-order valence-corrected chi connectivity index (χ2v) is 7.27. The van der Waals surface area contributed by atoms with Crippen LogP contribution in [0.1, 0.15) is 45.4 Å². The van der Waals surface area contributed by atoms with Gasteiger partial charge in [-0.3, -0.25) is 9.59 Å². The Bertz CT molecular complexity index is 999. The van der Waals surface area contributed by atoms with Crippen molar-refractivity contribution in [2.24, 2.45) is 0 Å². The number of hydrogen-bond donors (Lipinski definition) is 0. The molecule has 0 radical (unpaired) electrons. The molecule has 6 heteroatoms. The van der Waals surface area contributed by atoms with Gasteiger partial charge in [0, 0.05) is 5.56 Å². The van der Waals surface area contributed by atoms with E-state index in [1.165, 1.54) is 0 Å². The molecule has 1 heterocycles. The van der Waals surface area contributed by atoms with E-state index in [1.54, 1.807) is 43.3 Å². The summed E-state index contributed by atoms with van der Waals surface area (Å²) >= 11 is 0. The Labute approximate surface area is 175 Å². The van der Waals surface area contributed by atoms with Crippen molar-refractivity contribution in [2.45, 2.75) is 46.8 Å². The molecule has 6 nitrogen and oxygen atoms in total. The second-order valence-electron chi connectivity index (χ2n) is 7.27. The first kappa shape index (κ1) is 21.3. The minimum atomic E-state index is -0.835. The first-order valence-corrected chi connectivity index (χ1v) is 9.77. The number of carbonyl (C=O) groups is 2. The molecule has 3 rings (SSSR count). The van der Waals surface area contributed by atoms with E-state index in [4.69, 9.17) is 14.0 Å². The molecule has 0 fully saturated rings. The van der Waals surface area contributed by atoms with E-state index in [9.17, 15) is 9.59 Å². The van der Waals surface area contributed by atoms with Crippen molar-refractivity contribution in [3.8, 4) is 5.75 Å². The Balaban J connectivity index is 1.51. The standard InChI is InChI=1S/C24H25NO5/c1-15-5-9-20(10-6-15)24(27)18(4)29-23(26)13-19-7-11-21(12-8-19)28-14-22-16(2)25-30-17(22)3/h5-12,18H,13-14H2,1-4H3/t18-/m1/s1. The van der Waals surface area contributed by atoms with Gasteiger partial charge in [0.25, 0.3) is 0 Å². The Morgan fingerprint density at radius 1 is 1.00 bits per heavy atom. The largest absolute Gasteiger partial charge is 0.489 e. The molecule has 1 atom stereocenters. The summed E-state index contributed by atoms with van der Waals surface area (Å²) in [4.78, 5) is 24.6. The Kier molecular flexibility index (Phi) is 6.67. The van der Waals surface area contributed by atoms with Gasteiger partial charge in [-0.25, -0.2) is 0 Å². The number of rotatable bonds is 8. The van der Waals surface area contributed by atoms with Crippen molar-refractivity contribution in [1.29, 1.82) is 0 Å². The molecule has 0 unspecified atom stereocenters. The highest BCUT2D eigenvalue weighted by Gasteiger charge is 2.19. The highest BCUT2D eigenvalue weighted by atomic mass is 16.5. The number of esters is 1. The Morgan fingerprint density at radius 3 is 2.27 bits per heavy atom. The van der Waals surface area contributed by atoms with Crippen molar-refractivity contribution < 1.29 is 23.6 Å². The molecule has 0 aliphatic carbocycles. The first-order chi connectivity index (χ1) is 14.3. The molecule has 0 aliphatic rings. The SMILES string of the molecule is Cc1ccc(C(=O)[C@@H](C)OC(=O)Cc2ccc(OCc3c(C)noc3C)cc2)cc1. The minimum absolute atomic E-state index is 0.0790. The maximum absolute atomic E-state index is 12.4. The molecule has 0 N–H and O–H groups in total. The van der Waals surface area contributed by atoms with Crippen LogP contribution < -0.4 is 4.74 Å². The van der Waals surface area contributed by atoms with Gasteiger partial charge in [-0.15, -0.1) is 0 Å². The van der Waals surface area contributed by atoms with Crippen LogP contribution in [-0.4, -0.2) is 23.0 Å². The lowest BCUT2D eigenvalue weighted by molar-refractivity contribution is -0.145. The topological polar surface area (TPSA) is 78.6 Å². The predicted octanol–water partition coefficient (Wildman–Crippen LogP) is 4.54. The molecule has 1 aromatic heterocycles. The fraction of sp³-hybridized carbons (Fsp3) is 0.292. The molecule has 0 spiro atoms. The molecule has 0 aliphatic heterocycles. The fourth-order valence-corrected chi connectivity index (χ4v) is 2.98. The summed E-state index contributed by atoms with van der Waals surface area (Å²) in [6.45, 7) is 7.62. The average Bonchev–Trinajstić information content (AvgIpc) is 3.05. The third-order valence-electron chi connectivity index (χ3n) is 4.85. The van der Waals surface area contributed by atoms with E-state index in [2.05, 4.69) is 5.16 Å². The van der Waals surface area contributed by atoms with E-state index in [0.717, 1.165) is 28.1 Å². The van der Waals surface area contributed by atoms with Crippen LogP contribution in [-0.2, 0) is 22.6 Å². The van der Waals surface area contributed by atoms with E-state index in [1.807, 2.05) is 32.9 Å². The van der Waals surface area contributed by atoms with Gasteiger partial charge in [0.05, 0.1) is 17.7 Å². The monoisotopic (exact) mass is 407 g/mol. The van der Waals surface area contributed by atoms with Crippen molar-refractivity contribution in [3.63, 3.8) is 0 Å². The molecular weight excluding hydrogens is 382 g/mol. The highest BCUT2D eigenvalue weighted by molar-refractivity contribution is 6.00. The van der Waals surface area contributed by atoms with Gasteiger partial charge in [0.15, 0.2) is 6.10 Å². The number of carbonyl (C=O) groups excluding carboxylic acids is 2. The number of aryl methyl sites for hydroxylation is 3. The molecule has 0 saturated carbocycles. The van der Waals surface area contributed by atoms with Crippen LogP contribution in [0.15, 0.2) is 53.1 Å². The number of aromatic nitrogens is 1. The predicted molar refractivity (Wildman–Crippen MR) is 112 cm³/mol. The lowest BCUT2D eigenvalue weighted by Gasteiger charge is -2.13. The summed E-state index contributed by atoms with van der Waals surface area (Å²) in [6.07, 6.45) is -0.756. The van der Waals surface area contributed by atoms with Crippen LogP contribution in [0.4, 0.5) is 0 Å². The molecule has 2 aromatic carbocycles. The average molecular weight is 407 g/mol. The summed E-state index contributed by atoms with van der Waals surface area (Å²) in [5, 5.41) is 3.90. The van der Waals surface area contributed by atoms with Crippen LogP contribution in [0, 0.1) is 20.8 Å². The molecule has 30 heavy (non-hydrogen) atoms. The number of Topliss-reactive ketones (excluding diaryl/α,β-unsaturated/α-hetero) is 1. The normalized spacial score (nSPS) is 11.7. The summed E-state index contributed by atoms with van der Waals surface area (Å²) in [7, 11) is 0. The third kappa shape index (κ3) is 5.35. The van der Waals surface area contributed by atoms with Crippen molar-refractivity contribution in [1.82, 2.24) is 5.16 Å². The van der Waals surface area contributed by atoms with Crippen molar-refractivity contribution in [3.05, 3.63) is 82.2 Å². The van der Waals surface area contributed by atoms with Gasteiger partial charge >= 0.3 is 5.97 Å². The lowest BCUT2D eigenvalue weighted by atomic mass is 10.1. The maximum Gasteiger partial charge on any atom is 0.310 e. The summed E-state index contributed by atoms with van der Waals surface area (Å²) in [5.41, 5.74) is 4.10. The number of nitrogens with zero attached hydrogens (tertiary/aromatic N) is 1. The van der Waals surface area contributed by atoms with Gasteiger partial charge < -0.3 is 14.0 Å². The van der Waals surface area contributed by atoms with Gasteiger partial charge in [0.2, 0.25) is 5.78 Å². The summed E-state index contributed by atoms with van der Waals surface area (Å²) < 4.78 is 16.2. The summed E-state index contributed by atoms with van der Waals surface area (Å²) in [6, 6.07) is 14.4. The van der Waals surface area contributed by atoms with Gasteiger partial charge in [-0.2, -0.15) is 0 Å². The fourth-order valence-electron chi connectivity index (χ4n) is 2.98. The van der Waals surface area contributed by atoms with Gasteiger partial charge in [-0.05, 0) is 45.4 Å². The zero-order chi connectivity index (χ0) is 21.7. The van der Waals surface area contributed by atoms with E-state index in [0.29, 0.717) is 17.9 Å². The molecule has 3 aromatic rings. The van der Waals surface area contributed by atoms with Gasteiger partial charge in [-0.1, -0.05) is 47.1 Å². The smallest absolute Gasteiger partial charge is 0.310 e. The second kappa shape index (κ2) is 9.39. The maximum atomic E-state index is 12.4. The zero-order valence-corrected chi connectivity index (χ0v) is 17.6. The number of ether oxygens (including phenoxy) is 2. The van der Waals surface area contributed by atoms with Crippen molar-refractivity contribution >= 4 is 11.8 Å². The lowest BCUT2D eigenvalue weighted by Crippen LogP contribution is -2.25. The Hall–Kier alpha value is -3.41. The van der Waals surface area contributed by atoms with E-state index >= 15 is 0 Å². The van der Waals surface area contributed by atoms with Crippen LogP contribution >= 0.6 is 0 Å².